The Labute approximate surface area is 106 Å². The third-order valence-corrected chi connectivity index (χ3v) is 3.13. The van der Waals surface area contributed by atoms with E-state index < -0.39 is 11.7 Å². The van der Waals surface area contributed by atoms with Gasteiger partial charge in [0.05, 0.1) is 5.56 Å². The van der Waals surface area contributed by atoms with Gasteiger partial charge in [0.2, 0.25) is 0 Å². The van der Waals surface area contributed by atoms with Gasteiger partial charge >= 0.3 is 6.18 Å². The highest BCUT2D eigenvalue weighted by molar-refractivity contribution is 5.29. The predicted molar refractivity (Wildman–Crippen MR) is 65.1 cm³/mol. The smallest absolute Gasteiger partial charge is 0.310 e. The van der Waals surface area contributed by atoms with Crippen molar-refractivity contribution in [1.82, 2.24) is 10.3 Å². The van der Waals surface area contributed by atoms with E-state index in [1.807, 2.05) is 20.8 Å². The monoisotopic (exact) mass is 260 g/mol. The first-order valence-electron chi connectivity index (χ1n) is 6.16. The van der Waals surface area contributed by atoms with Crippen LogP contribution in [0.3, 0.4) is 0 Å². The van der Waals surface area contributed by atoms with Gasteiger partial charge in [-0.15, -0.1) is 0 Å². The molecule has 2 atom stereocenters. The summed E-state index contributed by atoms with van der Waals surface area (Å²) in [7, 11) is 0. The Kier molecular flexibility index (Phi) is 5.14. The van der Waals surface area contributed by atoms with Crippen molar-refractivity contribution in [3.05, 3.63) is 29.6 Å². The van der Waals surface area contributed by atoms with Gasteiger partial charge in [-0.05, 0) is 24.1 Å². The summed E-state index contributed by atoms with van der Waals surface area (Å²) in [6.45, 7) is 6.43. The Bertz CT molecular complexity index is 377. The standard InChI is InChI=1S/C13H19F3N2/c1-4-9(3)12(18-5-2)10-8-17-7-6-11(10)13(14,15)16/h6-9,12,18H,4-5H2,1-3H3. The van der Waals surface area contributed by atoms with Crippen molar-refractivity contribution in [3.8, 4) is 0 Å². The lowest BCUT2D eigenvalue weighted by Gasteiger charge is -2.26. The highest BCUT2D eigenvalue weighted by Gasteiger charge is 2.36. The van der Waals surface area contributed by atoms with Crippen molar-refractivity contribution < 1.29 is 13.2 Å². The van der Waals surface area contributed by atoms with E-state index in [9.17, 15) is 13.2 Å². The first-order chi connectivity index (χ1) is 8.41. The van der Waals surface area contributed by atoms with Crippen LogP contribution in [0.4, 0.5) is 13.2 Å². The van der Waals surface area contributed by atoms with Crippen LogP contribution in [0.25, 0.3) is 0 Å². The van der Waals surface area contributed by atoms with E-state index in [1.165, 1.54) is 12.4 Å². The fraction of sp³-hybridized carbons (Fsp3) is 0.615. The minimum absolute atomic E-state index is 0.121. The molecule has 0 saturated carbocycles. The van der Waals surface area contributed by atoms with Crippen molar-refractivity contribution in [2.45, 2.75) is 39.4 Å². The van der Waals surface area contributed by atoms with Gasteiger partial charge in [-0.2, -0.15) is 13.2 Å². The first-order valence-corrected chi connectivity index (χ1v) is 6.16. The van der Waals surface area contributed by atoms with Gasteiger partial charge in [-0.1, -0.05) is 27.2 Å². The second kappa shape index (κ2) is 6.18. The second-order valence-corrected chi connectivity index (χ2v) is 4.38. The molecule has 1 rings (SSSR count). The zero-order valence-corrected chi connectivity index (χ0v) is 10.9. The van der Waals surface area contributed by atoms with Gasteiger partial charge in [0.25, 0.3) is 0 Å². The minimum atomic E-state index is -4.33. The molecule has 0 aromatic carbocycles. The largest absolute Gasteiger partial charge is 0.416 e. The van der Waals surface area contributed by atoms with Gasteiger partial charge in [0.15, 0.2) is 0 Å². The van der Waals surface area contributed by atoms with E-state index in [2.05, 4.69) is 10.3 Å². The molecule has 5 heteroatoms. The molecule has 2 nitrogen and oxygen atoms in total. The molecule has 18 heavy (non-hydrogen) atoms. The maximum atomic E-state index is 13.0. The Morgan fingerprint density at radius 3 is 2.50 bits per heavy atom. The highest BCUT2D eigenvalue weighted by atomic mass is 19.4. The molecule has 0 saturated heterocycles. The van der Waals surface area contributed by atoms with Crippen LogP contribution >= 0.6 is 0 Å². The summed E-state index contributed by atoms with van der Waals surface area (Å²) in [5.74, 6) is 0.121. The molecule has 0 bridgehead atoms. The van der Waals surface area contributed by atoms with Crippen molar-refractivity contribution in [2.75, 3.05) is 6.54 Å². The molecular formula is C13H19F3N2. The molecule has 0 aliphatic rings. The molecule has 0 radical (unpaired) electrons. The first kappa shape index (κ1) is 15.0. The van der Waals surface area contributed by atoms with Gasteiger partial charge in [-0.25, -0.2) is 0 Å². The predicted octanol–water partition coefficient (Wildman–Crippen LogP) is 3.80. The average Bonchev–Trinajstić information content (AvgIpc) is 2.34. The van der Waals surface area contributed by atoms with Gasteiger partial charge < -0.3 is 5.32 Å². The summed E-state index contributed by atoms with van der Waals surface area (Å²) < 4.78 is 38.9. The zero-order valence-electron chi connectivity index (χ0n) is 10.9. The minimum Gasteiger partial charge on any atom is -0.310 e. The quantitative estimate of drug-likeness (QED) is 0.871. The van der Waals surface area contributed by atoms with Crippen molar-refractivity contribution in [3.63, 3.8) is 0 Å². The number of alkyl halides is 3. The summed E-state index contributed by atoms with van der Waals surface area (Å²) in [6.07, 6.45) is -1.02. The van der Waals surface area contributed by atoms with Crippen molar-refractivity contribution in [2.24, 2.45) is 5.92 Å². The molecule has 1 aromatic rings. The van der Waals surface area contributed by atoms with E-state index in [4.69, 9.17) is 0 Å². The normalized spacial score (nSPS) is 15.4. The van der Waals surface area contributed by atoms with Crippen LogP contribution in [0.15, 0.2) is 18.5 Å². The number of hydrogen-bond acceptors (Lipinski definition) is 2. The Balaban J connectivity index is 3.19. The van der Waals surface area contributed by atoms with Crippen LogP contribution in [0.2, 0.25) is 0 Å². The molecule has 1 N–H and O–H groups in total. The third kappa shape index (κ3) is 3.45. The van der Waals surface area contributed by atoms with Crippen molar-refractivity contribution >= 4 is 0 Å². The molecule has 102 valence electrons. The molecule has 0 fully saturated rings. The number of halogens is 3. The molecule has 0 aliphatic carbocycles. The molecule has 0 spiro atoms. The molecule has 2 unspecified atom stereocenters. The maximum absolute atomic E-state index is 13.0. The molecular weight excluding hydrogens is 241 g/mol. The lowest BCUT2D eigenvalue weighted by Crippen LogP contribution is -2.29. The number of nitrogens with one attached hydrogen (secondary N) is 1. The topological polar surface area (TPSA) is 24.9 Å². The fourth-order valence-corrected chi connectivity index (χ4v) is 1.99. The van der Waals surface area contributed by atoms with E-state index in [0.29, 0.717) is 6.54 Å². The van der Waals surface area contributed by atoms with Crippen LogP contribution in [0.5, 0.6) is 0 Å². The maximum Gasteiger partial charge on any atom is 0.416 e. The van der Waals surface area contributed by atoms with Crippen molar-refractivity contribution in [1.29, 1.82) is 0 Å². The fourth-order valence-electron chi connectivity index (χ4n) is 1.99. The number of hydrogen-bond donors (Lipinski definition) is 1. The van der Waals surface area contributed by atoms with Gasteiger partial charge in [-0.3, -0.25) is 4.98 Å². The third-order valence-electron chi connectivity index (χ3n) is 3.13. The Hall–Kier alpha value is -1.10. The van der Waals surface area contributed by atoms with Gasteiger partial charge in [0, 0.05) is 18.4 Å². The summed E-state index contributed by atoms with van der Waals surface area (Å²) in [5, 5.41) is 3.12. The summed E-state index contributed by atoms with van der Waals surface area (Å²) >= 11 is 0. The second-order valence-electron chi connectivity index (χ2n) is 4.38. The van der Waals surface area contributed by atoms with E-state index in [1.54, 1.807) is 0 Å². The number of pyridine rings is 1. The van der Waals surface area contributed by atoms with Crippen LogP contribution in [0.1, 0.15) is 44.4 Å². The summed E-state index contributed by atoms with van der Waals surface area (Å²) in [6, 6.07) is 0.729. The van der Waals surface area contributed by atoms with Crippen LogP contribution < -0.4 is 5.32 Å². The zero-order chi connectivity index (χ0) is 13.8. The lowest BCUT2D eigenvalue weighted by atomic mass is 9.90. The molecule has 1 aromatic heterocycles. The Morgan fingerprint density at radius 1 is 1.33 bits per heavy atom. The van der Waals surface area contributed by atoms with E-state index in [-0.39, 0.29) is 17.5 Å². The van der Waals surface area contributed by atoms with E-state index in [0.717, 1.165) is 12.5 Å². The number of aromatic nitrogens is 1. The van der Waals surface area contributed by atoms with Crippen LogP contribution in [-0.2, 0) is 6.18 Å². The van der Waals surface area contributed by atoms with Gasteiger partial charge in [0.1, 0.15) is 0 Å². The Morgan fingerprint density at radius 2 is 2.00 bits per heavy atom. The number of rotatable bonds is 5. The summed E-state index contributed by atoms with van der Waals surface area (Å²) in [5.41, 5.74) is -0.357. The number of nitrogens with zero attached hydrogens (tertiary/aromatic N) is 1. The van der Waals surface area contributed by atoms with Crippen LogP contribution in [0, 0.1) is 5.92 Å². The highest BCUT2D eigenvalue weighted by Crippen LogP contribution is 2.36. The summed E-state index contributed by atoms with van der Waals surface area (Å²) in [4.78, 5) is 3.84. The molecule has 0 aliphatic heterocycles. The SMILES string of the molecule is CCNC(c1cnccc1C(F)(F)F)C(C)CC. The lowest BCUT2D eigenvalue weighted by molar-refractivity contribution is -0.138. The van der Waals surface area contributed by atoms with Crippen LogP contribution in [-0.4, -0.2) is 11.5 Å². The average molecular weight is 260 g/mol. The van der Waals surface area contributed by atoms with E-state index >= 15 is 0 Å². The molecule has 1 heterocycles. The molecule has 0 amide bonds.